The van der Waals surface area contributed by atoms with Gasteiger partial charge in [0, 0.05) is 28.1 Å². The highest BCUT2D eigenvalue weighted by molar-refractivity contribution is 6.12. The van der Waals surface area contributed by atoms with Crippen molar-refractivity contribution >= 4 is 40.1 Å². The van der Waals surface area contributed by atoms with E-state index in [4.69, 9.17) is 14.4 Å². The van der Waals surface area contributed by atoms with Crippen molar-refractivity contribution in [3.05, 3.63) is 150 Å². The molecule has 7 rings (SSSR count). The number of fused-ring (bicyclic) bond motifs is 7. The summed E-state index contributed by atoms with van der Waals surface area (Å²) in [7, 11) is 0. The molecule has 2 aliphatic rings. The van der Waals surface area contributed by atoms with Crippen LogP contribution in [0.15, 0.2) is 136 Å². The van der Waals surface area contributed by atoms with E-state index in [1.807, 2.05) is 72.8 Å². The summed E-state index contributed by atoms with van der Waals surface area (Å²) in [6.45, 7) is 6.32. The van der Waals surface area contributed by atoms with Crippen molar-refractivity contribution in [3.8, 4) is 0 Å². The molecule has 1 aliphatic heterocycles. The molecule has 39 heavy (non-hydrogen) atoms. The Morgan fingerprint density at radius 3 is 2.23 bits per heavy atom. The molecule has 0 bridgehead atoms. The summed E-state index contributed by atoms with van der Waals surface area (Å²) in [6.07, 6.45) is 4.53. The molecule has 4 aromatic carbocycles. The molecule has 2 unspecified atom stereocenters. The summed E-state index contributed by atoms with van der Waals surface area (Å²) in [6, 6.07) is 36.9. The Morgan fingerprint density at radius 1 is 0.769 bits per heavy atom. The highest BCUT2D eigenvalue weighted by atomic mass is 16.3. The molecule has 0 fully saturated rings. The average Bonchev–Trinajstić information content (AvgIpc) is 3.54. The van der Waals surface area contributed by atoms with E-state index < -0.39 is 0 Å². The van der Waals surface area contributed by atoms with Gasteiger partial charge in [0.15, 0.2) is 5.84 Å². The number of hydrogen-bond acceptors (Lipinski definition) is 2. The van der Waals surface area contributed by atoms with Gasteiger partial charge in [-0.1, -0.05) is 116 Å². The van der Waals surface area contributed by atoms with E-state index >= 15 is 0 Å². The van der Waals surface area contributed by atoms with Crippen LogP contribution in [0.2, 0.25) is 0 Å². The lowest BCUT2D eigenvalue weighted by Crippen LogP contribution is -2.32. The molecule has 0 saturated heterocycles. The van der Waals surface area contributed by atoms with Crippen molar-refractivity contribution in [2.75, 3.05) is 4.90 Å². The maximum Gasteiger partial charge on any atom is 0.161 e. The fourth-order valence-electron chi connectivity index (χ4n) is 5.78. The van der Waals surface area contributed by atoms with Gasteiger partial charge in [0.1, 0.15) is 23.2 Å². The number of anilines is 1. The fraction of sp³-hybridized carbons (Fsp3) is 0.0857. The minimum Gasteiger partial charge on any atom is -0.458 e. The van der Waals surface area contributed by atoms with Crippen LogP contribution in [-0.4, -0.2) is 11.7 Å². The highest BCUT2D eigenvalue weighted by Crippen LogP contribution is 2.54. The second-order valence-electron chi connectivity index (χ2n) is 9.91. The summed E-state index contributed by atoms with van der Waals surface area (Å²) in [4.78, 5) is 12.4. The average molecular weight is 506 g/mol. The van der Waals surface area contributed by atoms with Gasteiger partial charge in [-0.25, -0.2) is 9.98 Å². The third-order valence-electron chi connectivity index (χ3n) is 7.57. The van der Waals surface area contributed by atoms with Crippen LogP contribution in [0.4, 0.5) is 5.69 Å². The first-order chi connectivity index (χ1) is 19.2. The van der Waals surface area contributed by atoms with Crippen molar-refractivity contribution in [1.82, 2.24) is 0 Å². The van der Waals surface area contributed by atoms with Gasteiger partial charge >= 0.3 is 0 Å². The Bertz CT molecular complexity index is 1790. The second-order valence-corrected chi connectivity index (χ2v) is 9.91. The number of hydrogen-bond donors (Lipinski definition) is 0. The van der Waals surface area contributed by atoms with Crippen molar-refractivity contribution in [3.63, 3.8) is 0 Å². The molecule has 1 aromatic heterocycles. The van der Waals surface area contributed by atoms with Crippen LogP contribution in [0.5, 0.6) is 0 Å². The predicted octanol–water partition coefficient (Wildman–Crippen LogP) is 8.64. The van der Waals surface area contributed by atoms with Crippen LogP contribution in [0.25, 0.3) is 22.7 Å². The summed E-state index contributed by atoms with van der Waals surface area (Å²) < 4.78 is 6.54. The Morgan fingerprint density at radius 2 is 1.44 bits per heavy atom. The van der Waals surface area contributed by atoms with Gasteiger partial charge in [-0.2, -0.15) is 0 Å². The van der Waals surface area contributed by atoms with Gasteiger partial charge in [-0.15, -0.1) is 0 Å². The highest BCUT2D eigenvalue weighted by Gasteiger charge is 2.44. The number of amidine groups is 2. The Hall–Kier alpha value is -4.96. The van der Waals surface area contributed by atoms with Gasteiger partial charge in [0.25, 0.3) is 0 Å². The first-order valence-electron chi connectivity index (χ1n) is 13.2. The zero-order valence-corrected chi connectivity index (χ0v) is 21.7. The standard InChI is InChI=1S/C35H27N3O/c1-23(25-13-5-3-6-14-25)36-35(26-15-7-4-8-16-26)37-24(2)38-31-19-11-9-17-27(31)29-21-22-30-28-18-10-12-20-32(28)39-34(30)33(29)38/h3-22,29,33H,1H2,2H3. The first kappa shape index (κ1) is 23.2. The third kappa shape index (κ3) is 3.93. The van der Waals surface area contributed by atoms with E-state index in [0.29, 0.717) is 11.5 Å². The smallest absolute Gasteiger partial charge is 0.161 e. The van der Waals surface area contributed by atoms with E-state index in [9.17, 15) is 0 Å². The van der Waals surface area contributed by atoms with Crippen molar-refractivity contribution < 1.29 is 4.42 Å². The Labute approximate surface area is 228 Å². The lowest BCUT2D eigenvalue weighted by Gasteiger charge is -2.30. The number of para-hydroxylation sites is 2. The van der Waals surface area contributed by atoms with Gasteiger partial charge in [0.2, 0.25) is 0 Å². The molecule has 0 amide bonds. The molecule has 0 spiro atoms. The lowest BCUT2D eigenvalue weighted by atomic mass is 9.86. The molecular formula is C35H27N3O. The van der Waals surface area contributed by atoms with Gasteiger partial charge in [0.05, 0.1) is 5.70 Å². The molecule has 0 saturated carbocycles. The number of rotatable bonds is 3. The number of furan rings is 1. The molecule has 2 atom stereocenters. The van der Waals surface area contributed by atoms with Crippen LogP contribution in [0.3, 0.4) is 0 Å². The molecule has 4 heteroatoms. The summed E-state index contributed by atoms with van der Waals surface area (Å²) in [5.74, 6) is 2.61. The van der Waals surface area contributed by atoms with E-state index in [1.54, 1.807) is 0 Å². The maximum atomic E-state index is 6.54. The fourth-order valence-corrected chi connectivity index (χ4v) is 5.78. The van der Waals surface area contributed by atoms with Gasteiger partial charge in [-0.3, -0.25) is 0 Å². The van der Waals surface area contributed by atoms with Crippen LogP contribution in [0, 0.1) is 0 Å². The van der Waals surface area contributed by atoms with Crippen LogP contribution in [-0.2, 0) is 0 Å². The molecule has 4 nitrogen and oxygen atoms in total. The maximum absolute atomic E-state index is 6.54. The first-order valence-corrected chi connectivity index (χ1v) is 13.2. The van der Waals surface area contributed by atoms with Gasteiger partial charge < -0.3 is 9.32 Å². The molecule has 188 valence electrons. The largest absolute Gasteiger partial charge is 0.458 e. The lowest BCUT2D eigenvalue weighted by molar-refractivity contribution is 0.481. The SMILES string of the molecule is C=C(N=C(N=C(C)N1c2ccccc2C2C=Cc3c(oc4ccccc34)C21)c1ccccc1)c1ccccc1. The van der Waals surface area contributed by atoms with E-state index in [-0.39, 0.29) is 12.0 Å². The molecule has 5 aromatic rings. The zero-order chi connectivity index (χ0) is 26.3. The topological polar surface area (TPSA) is 41.1 Å². The van der Waals surface area contributed by atoms with Crippen molar-refractivity contribution in [2.45, 2.75) is 18.9 Å². The van der Waals surface area contributed by atoms with Gasteiger partial charge in [-0.05, 0) is 30.2 Å². The Balaban J connectivity index is 1.37. The summed E-state index contributed by atoms with van der Waals surface area (Å²) >= 11 is 0. The monoisotopic (exact) mass is 505 g/mol. The quantitative estimate of drug-likeness (QED) is 0.182. The van der Waals surface area contributed by atoms with Crippen LogP contribution >= 0.6 is 0 Å². The van der Waals surface area contributed by atoms with E-state index in [2.05, 4.69) is 67.0 Å². The minimum absolute atomic E-state index is 0.0344. The van der Waals surface area contributed by atoms with Crippen LogP contribution in [0.1, 0.15) is 46.9 Å². The normalized spacial score (nSPS) is 18.1. The van der Waals surface area contributed by atoms with E-state index in [1.165, 1.54) is 5.56 Å². The third-order valence-corrected chi connectivity index (χ3v) is 7.57. The van der Waals surface area contributed by atoms with Crippen molar-refractivity contribution in [2.24, 2.45) is 9.98 Å². The molecule has 1 aliphatic carbocycles. The molecule has 0 N–H and O–H groups in total. The molecule has 0 radical (unpaired) electrons. The second kappa shape index (κ2) is 9.41. The molecule has 2 heterocycles. The summed E-state index contributed by atoms with van der Waals surface area (Å²) in [5.41, 5.74) is 7.04. The van der Waals surface area contributed by atoms with Crippen molar-refractivity contribution in [1.29, 1.82) is 0 Å². The molecular weight excluding hydrogens is 478 g/mol. The van der Waals surface area contributed by atoms with Crippen LogP contribution < -0.4 is 4.90 Å². The predicted molar refractivity (Wildman–Crippen MR) is 161 cm³/mol. The number of benzene rings is 4. The number of nitrogens with zero attached hydrogens (tertiary/aromatic N) is 3. The summed E-state index contributed by atoms with van der Waals surface area (Å²) in [5, 5.41) is 1.14. The zero-order valence-electron chi connectivity index (χ0n) is 21.7. The van der Waals surface area contributed by atoms with E-state index in [0.717, 1.165) is 44.9 Å². The Kier molecular flexibility index (Phi) is 5.59. The number of aliphatic imine (C=N–C) groups is 2. The minimum atomic E-state index is -0.0344.